The summed E-state index contributed by atoms with van der Waals surface area (Å²) in [4.78, 5) is 4.13. The number of rotatable bonds is 0. The molecule has 0 fully saturated rings. The summed E-state index contributed by atoms with van der Waals surface area (Å²) in [5.41, 5.74) is 0.244. The zero-order valence-corrected chi connectivity index (χ0v) is 11.5. The lowest BCUT2D eigenvalue weighted by Gasteiger charge is -2.02. The van der Waals surface area contributed by atoms with Crippen LogP contribution >= 0.6 is 22.9 Å². The average molecular weight is 306 g/mol. The number of para-hydroxylation sites is 1. The quantitative estimate of drug-likeness (QED) is 0.389. The zero-order valence-electron chi connectivity index (χ0n) is 9.95. The summed E-state index contributed by atoms with van der Waals surface area (Å²) in [6.07, 6.45) is 0. The van der Waals surface area contributed by atoms with E-state index in [2.05, 4.69) is 4.98 Å². The van der Waals surface area contributed by atoms with E-state index in [-0.39, 0.29) is 16.5 Å². The van der Waals surface area contributed by atoms with Crippen molar-refractivity contribution in [1.29, 1.82) is 0 Å². The van der Waals surface area contributed by atoms with Crippen molar-refractivity contribution in [1.82, 2.24) is 4.98 Å². The minimum Gasteiger partial charge on any atom is -0.231 e. The van der Waals surface area contributed by atoms with Gasteiger partial charge in [-0.05, 0) is 24.3 Å². The number of fused-ring (bicyclic) bond motifs is 5. The first-order chi connectivity index (χ1) is 9.65. The molecule has 0 saturated heterocycles. The molecule has 0 unspecified atom stereocenters. The zero-order chi connectivity index (χ0) is 13.9. The SMILES string of the molecule is Fc1ccc2c(c1)sc1c(Cl)nc3c(F)cccc3c12. The highest BCUT2D eigenvalue weighted by molar-refractivity contribution is 7.26. The van der Waals surface area contributed by atoms with E-state index >= 15 is 0 Å². The van der Waals surface area contributed by atoms with Crippen LogP contribution in [0.25, 0.3) is 31.1 Å². The molecular formula is C15H6ClF2NS. The largest absolute Gasteiger partial charge is 0.231 e. The van der Waals surface area contributed by atoms with E-state index in [0.717, 1.165) is 20.2 Å². The molecule has 0 bridgehead atoms. The Morgan fingerprint density at radius 2 is 1.90 bits per heavy atom. The minimum atomic E-state index is -0.409. The molecule has 4 aromatic rings. The van der Waals surface area contributed by atoms with E-state index < -0.39 is 5.82 Å². The second-order valence-corrected chi connectivity index (χ2v) is 5.90. The smallest absolute Gasteiger partial charge is 0.149 e. The maximum absolute atomic E-state index is 13.9. The van der Waals surface area contributed by atoms with Crippen molar-refractivity contribution in [3.8, 4) is 0 Å². The highest BCUT2D eigenvalue weighted by Gasteiger charge is 2.15. The summed E-state index contributed by atoms with van der Waals surface area (Å²) < 4.78 is 28.8. The molecule has 1 nitrogen and oxygen atoms in total. The molecule has 98 valence electrons. The maximum Gasteiger partial charge on any atom is 0.149 e. The third-order valence-electron chi connectivity index (χ3n) is 3.31. The number of nitrogens with zero attached hydrogens (tertiary/aromatic N) is 1. The first-order valence-electron chi connectivity index (χ1n) is 5.90. The van der Waals surface area contributed by atoms with Gasteiger partial charge in [-0.15, -0.1) is 11.3 Å². The van der Waals surface area contributed by atoms with E-state index in [1.165, 1.54) is 29.5 Å². The van der Waals surface area contributed by atoms with Gasteiger partial charge in [-0.2, -0.15) is 0 Å². The van der Waals surface area contributed by atoms with Crippen LogP contribution in [-0.4, -0.2) is 4.98 Å². The molecule has 5 heteroatoms. The molecule has 0 radical (unpaired) electrons. The van der Waals surface area contributed by atoms with Gasteiger partial charge in [-0.3, -0.25) is 0 Å². The molecular weight excluding hydrogens is 300 g/mol. The van der Waals surface area contributed by atoms with Gasteiger partial charge < -0.3 is 0 Å². The Kier molecular flexibility index (Phi) is 2.46. The van der Waals surface area contributed by atoms with Gasteiger partial charge in [0.15, 0.2) is 0 Å². The predicted octanol–water partition coefficient (Wildman–Crippen LogP) is 5.53. The first-order valence-corrected chi connectivity index (χ1v) is 7.10. The van der Waals surface area contributed by atoms with Gasteiger partial charge >= 0.3 is 0 Å². The maximum atomic E-state index is 13.9. The Hall–Kier alpha value is -1.78. The normalized spacial score (nSPS) is 11.8. The molecule has 0 aliphatic rings. The molecule has 2 aromatic heterocycles. The lowest BCUT2D eigenvalue weighted by Crippen LogP contribution is -1.86. The molecule has 0 aliphatic carbocycles. The van der Waals surface area contributed by atoms with Crippen LogP contribution in [0.1, 0.15) is 0 Å². The summed E-state index contributed by atoms with van der Waals surface area (Å²) in [6, 6.07) is 9.35. The van der Waals surface area contributed by atoms with E-state index in [4.69, 9.17) is 11.6 Å². The summed E-state index contributed by atoms with van der Waals surface area (Å²) >= 11 is 7.52. The fourth-order valence-corrected chi connectivity index (χ4v) is 3.88. The first kappa shape index (κ1) is 12.0. The van der Waals surface area contributed by atoms with Crippen LogP contribution in [0.2, 0.25) is 5.15 Å². The second-order valence-electron chi connectivity index (χ2n) is 4.49. The number of benzene rings is 2. The van der Waals surface area contributed by atoms with Crippen LogP contribution in [0, 0.1) is 11.6 Å². The summed E-state index contributed by atoms with van der Waals surface area (Å²) in [6.45, 7) is 0. The Balaban J connectivity index is 2.35. The van der Waals surface area contributed by atoms with Crippen LogP contribution < -0.4 is 0 Å². The van der Waals surface area contributed by atoms with E-state index in [1.807, 2.05) is 0 Å². The number of pyridine rings is 1. The van der Waals surface area contributed by atoms with Crippen molar-refractivity contribution in [2.24, 2.45) is 0 Å². The Bertz CT molecular complexity index is 994. The predicted molar refractivity (Wildman–Crippen MR) is 79.6 cm³/mol. The number of hydrogen-bond donors (Lipinski definition) is 0. The number of halogens is 3. The van der Waals surface area contributed by atoms with Crippen LogP contribution in [0.3, 0.4) is 0 Å². The summed E-state index contributed by atoms with van der Waals surface area (Å²) in [7, 11) is 0. The van der Waals surface area contributed by atoms with E-state index in [9.17, 15) is 8.78 Å². The van der Waals surface area contributed by atoms with Gasteiger partial charge in [-0.1, -0.05) is 23.7 Å². The van der Waals surface area contributed by atoms with Crippen molar-refractivity contribution in [3.05, 3.63) is 53.2 Å². The van der Waals surface area contributed by atoms with Gasteiger partial charge in [0.05, 0.1) is 4.70 Å². The molecule has 0 aliphatic heterocycles. The number of aromatic nitrogens is 1. The van der Waals surface area contributed by atoms with Gasteiger partial charge in [0.1, 0.15) is 22.3 Å². The Morgan fingerprint density at radius 3 is 2.75 bits per heavy atom. The molecule has 0 atom stereocenters. The minimum absolute atomic E-state index is 0.244. The van der Waals surface area contributed by atoms with Crippen molar-refractivity contribution >= 4 is 54.0 Å². The molecule has 0 saturated carbocycles. The van der Waals surface area contributed by atoms with Crippen LogP contribution in [-0.2, 0) is 0 Å². The van der Waals surface area contributed by atoms with Crippen LogP contribution in [0.5, 0.6) is 0 Å². The van der Waals surface area contributed by atoms with Crippen LogP contribution in [0.15, 0.2) is 36.4 Å². The molecule has 4 rings (SSSR count). The lowest BCUT2D eigenvalue weighted by atomic mass is 10.1. The van der Waals surface area contributed by atoms with E-state index in [0.29, 0.717) is 5.39 Å². The van der Waals surface area contributed by atoms with Crippen molar-refractivity contribution in [2.75, 3.05) is 0 Å². The number of hydrogen-bond acceptors (Lipinski definition) is 2. The molecule has 2 aromatic carbocycles. The molecule has 0 amide bonds. The molecule has 0 N–H and O–H groups in total. The third-order valence-corrected chi connectivity index (χ3v) is 4.85. The molecule has 2 heterocycles. The topological polar surface area (TPSA) is 12.9 Å². The van der Waals surface area contributed by atoms with Crippen molar-refractivity contribution in [3.63, 3.8) is 0 Å². The van der Waals surface area contributed by atoms with Gasteiger partial charge in [0.2, 0.25) is 0 Å². The Labute approximate surface area is 121 Å². The summed E-state index contributed by atoms with van der Waals surface area (Å²) in [5.74, 6) is -0.712. The van der Waals surface area contributed by atoms with Crippen LogP contribution in [0.4, 0.5) is 8.78 Å². The average Bonchev–Trinajstić information content (AvgIpc) is 2.79. The highest BCUT2D eigenvalue weighted by atomic mass is 35.5. The summed E-state index contributed by atoms with van der Waals surface area (Å²) in [5, 5.41) is 2.65. The number of thiophene rings is 1. The highest BCUT2D eigenvalue weighted by Crippen LogP contribution is 2.41. The molecule has 0 spiro atoms. The Morgan fingerprint density at radius 1 is 1.05 bits per heavy atom. The van der Waals surface area contributed by atoms with Gasteiger partial charge in [-0.25, -0.2) is 13.8 Å². The monoisotopic (exact) mass is 305 g/mol. The fraction of sp³-hybridized carbons (Fsp3) is 0. The fourth-order valence-electron chi connectivity index (χ4n) is 2.46. The second kappa shape index (κ2) is 4.11. The van der Waals surface area contributed by atoms with Gasteiger partial charge in [0.25, 0.3) is 0 Å². The van der Waals surface area contributed by atoms with Gasteiger partial charge in [0, 0.05) is 20.9 Å². The molecule has 20 heavy (non-hydrogen) atoms. The van der Waals surface area contributed by atoms with Crippen molar-refractivity contribution < 1.29 is 8.78 Å². The third kappa shape index (κ3) is 1.55. The van der Waals surface area contributed by atoms with Crippen molar-refractivity contribution in [2.45, 2.75) is 0 Å². The lowest BCUT2D eigenvalue weighted by molar-refractivity contribution is 0.630. The standard InChI is InChI=1S/C15H6ClF2NS/c16-15-14-12(8-5-4-7(17)6-11(8)20-14)9-2-1-3-10(18)13(9)19-15/h1-6H. The van der Waals surface area contributed by atoms with E-state index in [1.54, 1.807) is 18.2 Å².